The van der Waals surface area contributed by atoms with Gasteiger partial charge in [0.2, 0.25) is 0 Å². The minimum Gasteiger partial charge on any atom is -0.493 e. The molecule has 0 aromatic heterocycles. The van der Waals surface area contributed by atoms with Crippen molar-refractivity contribution < 1.29 is 18.4 Å². The zero-order valence-electron chi connectivity index (χ0n) is 14.6. The summed E-state index contributed by atoms with van der Waals surface area (Å²) in [5.41, 5.74) is 1.90. The van der Waals surface area contributed by atoms with E-state index in [1.165, 1.54) is 0 Å². The molecule has 2 bridgehead atoms. The minimum atomic E-state index is -2.53. The lowest BCUT2D eigenvalue weighted by Gasteiger charge is -2.54. The first kappa shape index (κ1) is 9.46. The summed E-state index contributed by atoms with van der Waals surface area (Å²) in [5.74, 6) is 1.23. The third-order valence-corrected chi connectivity index (χ3v) is 6.01. The normalized spacial score (nSPS) is 41.4. The number of carbonyl (C=O) groups is 1. The quantitative estimate of drug-likeness (QED) is 0.852. The van der Waals surface area contributed by atoms with Gasteiger partial charge in [0, 0.05) is 23.4 Å². The Morgan fingerprint density at radius 3 is 3.38 bits per heavy atom. The fourth-order valence-electron chi connectivity index (χ4n) is 5.32. The van der Waals surface area contributed by atoms with Crippen LogP contribution < -0.4 is 14.8 Å². The monoisotopic (exact) mass is 288 g/mol. The summed E-state index contributed by atoms with van der Waals surface area (Å²) in [4.78, 5) is 12.6. The fourth-order valence-corrected chi connectivity index (χ4v) is 5.32. The maximum atomic E-state index is 12.6. The highest BCUT2D eigenvalue weighted by Crippen LogP contribution is 2.61. The van der Waals surface area contributed by atoms with Gasteiger partial charge in [0.25, 0.3) is 0 Å². The van der Waals surface area contributed by atoms with E-state index in [1.54, 1.807) is 6.07 Å². The Kier molecular flexibility index (Phi) is 1.71. The van der Waals surface area contributed by atoms with Crippen LogP contribution in [0.4, 0.5) is 0 Å². The van der Waals surface area contributed by atoms with Crippen molar-refractivity contribution in [2.24, 2.45) is 5.92 Å². The average molecular weight is 288 g/mol. The topological polar surface area (TPSA) is 47.6 Å². The molecule has 0 unspecified atom stereocenters. The number of methoxy groups -OCH3 is 1. The van der Waals surface area contributed by atoms with Gasteiger partial charge in [-0.25, -0.2) is 0 Å². The molecule has 2 aliphatic heterocycles. The zero-order valence-corrected chi connectivity index (χ0v) is 11.6. The van der Waals surface area contributed by atoms with Crippen molar-refractivity contribution in [3.05, 3.63) is 23.3 Å². The lowest BCUT2D eigenvalue weighted by atomic mass is 9.52. The first-order valence-corrected chi connectivity index (χ1v) is 7.68. The number of benzene rings is 1. The number of rotatable bonds is 1. The lowest BCUT2D eigenvalue weighted by Crippen LogP contribution is -2.65. The summed E-state index contributed by atoms with van der Waals surface area (Å²) in [6.07, 6.45) is 2.67. The van der Waals surface area contributed by atoms with Crippen LogP contribution in [0.15, 0.2) is 12.1 Å². The van der Waals surface area contributed by atoms with Crippen LogP contribution in [0.3, 0.4) is 0 Å². The van der Waals surface area contributed by atoms with Crippen molar-refractivity contribution in [1.29, 1.82) is 0 Å². The molecule has 4 heteroatoms. The standard InChI is InChI=1S/C17H19NO3/c1-20-13-5-2-9-8-11-10-3-4-12(19)16-17(10,6-7-18-11)14(9)15(13)21-16/h2,5,10-11,16,18H,3-4,6-8H2,1H3/t10-,11+,16-,17-/m0/s1/i1D3. The molecule has 1 N–H and O–H groups in total. The van der Waals surface area contributed by atoms with E-state index in [4.69, 9.17) is 13.6 Å². The van der Waals surface area contributed by atoms with E-state index in [0.29, 0.717) is 24.1 Å². The molecule has 4 nitrogen and oxygen atoms in total. The number of hydrogen-bond donors (Lipinski definition) is 1. The predicted molar refractivity (Wildman–Crippen MR) is 76.9 cm³/mol. The van der Waals surface area contributed by atoms with Gasteiger partial charge < -0.3 is 14.8 Å². The molecule has 1 saturated carbocycles. The number of ether oxygens (including phenoxy) is 2. The minimum absolute atomic E-state index is 0.135. The summed E-state index contributed by atoms with van der Waals surface area (Å²) in [6.45, 7) is 0.859. The fraction of sp³-hybridized carbons (Fsp3) is 0.588. The molecule has 0 amide bonds. The number of nitrogens with one attached hydrogen (secondary N) is 1. The molecular weight excluding hydrogens is 266 g/mol. The van der Waals surface area contributed by atoms with Crippen LogP contribution in [0.1, 0.15) is 34.5 Å². The summed E-state index contributed by atoms with van der Waals surface area (Å²) in [5, 5.41) is 3.61. The van der Waals surface area contributed by atoms with E-state index >= 15 is 0 Å². The van der Waals surface area contributed by atoms with Crippen LogP contribution >= 0.6 is 0 Å². The summed E-state index contributed by atoms with van der Waals surface area (Å²) >= 11 is 0. The van der Waals surface area contributed by atoms with E-state index < -0.39 is 13.1 Å². The SMILES string of the molecule is [2H]C([2H])([2H])Oc1ccc2c3c1O[C@H]1C(=O)CC[C@H]4[C@@H](C2)NCC[C@]314. The van der Waals surface area contributed by atoms with E-state index in [1.807, 2.05) is 6.07 Å². The Hall–Kier alpha value is -1.55. The molecule has 1 aromatic rings. The van der Waals surface area contributed by atoms with Crippen LogP contribution in [-0.4, -0.2) is 31.5 Å². The molecule has 1 aromatic carbocycles. The summed E-state index contributed by atoms with van der Waals surface area (Å²) in [7, 11) is -2.53. The van der Waals surface area contributed by atoms with Crippen LogP contribution in [-0.2, 0) is 16.6 Å². The van der Waals surface area contributed by atoms with Gasteiger partial charge in [-0.05, 0) is 43.4 Å². The molecule has 4 atom stereocenters. The molecule has 2 heterocycles. The number of carbonyl (C=O) groups excluding carboxylic acids is 1. The average Bonchev–Trinajstić information content (AvgIpc) is 2.84. The Bertz CT molecular complexity index is 747. The van der Waals surface area contributed by atoms with E-state index in [-0.39, 0.29) is 16.9 Å². The van der Waals surface area contributed by atoms with Crippen LogP contribution in [0, 0.1) is 5.92 Å². The predicted octanol–water partition coefficient (Wildman–Crippen LogP) is 1.59. The van der Waals surface area contributed by atoms with E-state index in [2.05, 4.69) is 5.32 Å². The second-order valence-electron chi connectivity index (χ2n) is 6.69. The van der Waals surface area contributed by atoms with Gasteiger partial charge in [0.1, 0.15) is 0 Å². The lowest BCUT2D eigenvalue weighted by molar-refractivity contribution is -0.135. The molecule has 21 heavy (non-hydrogen) atoms. The molecule has 4 aliphatic rings. The Balaban J connectivity index is 1.73. The summed E-state index contributed by atoms with van der Waals surface area (Å²) in [6, 6.07) is 3.99. The molecule has 2 aliphatic carbocycles. The van der Waals surface area contributed by atoms with Crippen LogP contribution in [0.2, 0.25) is 0 Å². The first-order valence-electron chi connectivity index (χ1n) is 9.18. The van der Waals surface area contributed by atoms with Gasteiger partial charge in [-0.3, -0.25) is 4.79 Å². The van der Waals surface area contributed by atoms with Crippen molar-refractivity contribution in [2.75, 3.05) is 13.6 Å². The van der Waals surface area contributed by atoms with Gasteiger partial charge in [-0.15, -0.1) is 0 Å². The Labute approximate surface area is 128 Å². The zero-order chi connectivity index (χ0) is 16.7. The van der Waals surface area contributed by atoms with Crippen LogP contribution in [0.5, 0.6) is 11.5 Å². The highest BCUT2D eigenvalue weighted by Gasteiger charge is 2.64. The number of hydrogen-bond acceptors (Lipinski definition) is 4. The molecule has 5 rings (SSSR count). The van der Waals surface area contributed by atoms with Crippen LogP contribution in [0.25, 0.3) is 0 Å². The largest absolute Gasteiger partial charge is 0.493 e. The maximum absolute atomic E-state index is 12.6. The third-order valence-electron chi connectivity index (χ3n) is 6.01. The van der Waals surface area contributed by atoms with Gasteiger partial charge in [0.05, 0.1) is 11.2 Å². The number of ketones is 1. The maximum Gasteiger partial charge on any atom is 0.174 e. The molecule has 110 valence electrons. The molecule has 1 spiro atoms. The van der Waals surface area contributed by atoms with E-state index in [0.717, 1.165) is 36.9 Å². The van der Waals surface area contributed by atoms with E-state index in [9.17, 15) is 4.79 Å². The summed E-state index contributed by atoms with van der Waals surface area (Å²) < 4.78 is 33.5. The molecular formula is C17H19NO3. The number of Topliss-reactive ketones (excluding diaryl/α,β-unsaturated/α-hetero) is 1. The van der Waals surface area contributed by atoms with Crippen molar-refractivity contribution in [2.45, 2.75) is 43.2 Å². The molecule has 2 fully saturated rings. The third kappa shape index (κ3) is 1.24. The second-order valence-corrected chi connectivity index (χ2v) is 6.69. The first-order chi connectivity index (χ1) is 11.4. The van der Waals surface area contributed by atoms with Gasteiger partial charge in [-0.2, -0.15) is 0 Å². The van der Waals surface area contributed by atoms with Crippen molar-refractivity contribution in [3.8, 4) is 11.5 Å². The van der Waals surface area contributed by atoms with Gasteiger partial charge >= 0.3 is 0 Å². The van der Waals surface area contributed by atoms with Gasteiger partial charge in [0.15, 0.2) is 23.4 Å². The van der Waals surface area contributed by atoms with Crippen molar-refractivity contribution in [1.82, 2.24) is 5.32 Å². The highest BCUT2D eigenvalue weighted by molar-refractivity contribution is 5.89. The highest BCUT2D eigenvalue weighted by atomic mass is 16.5. The van der Waals surface area contributed by atoms with Crippen molar-refractivity contribution >= 4 is 5.78 Å². The van der Waals surface area contributed by atoms with Crippen molar-refractivity contribution in [3.63, 3.8) is 0 Å². The Morgan fingerprint density at radius 2 is 2.48 bits per heavy atom. The molecule has 1 saturated heterocycles. The molecule has 0 radical (unpaired) electrons. The van der Waals surface area contributed by atoms with Gasteiger partial charge in [-0.1, -0.05) is 6.07 Å². The Morgan fingerprint density at radius 1 is 1.52 bits per heavy atom. The number of piperidine rings is 1. The second kappa shape index (κ2) is 3.80. The smallest absolute Gasteiger partial charge is 0.174 e.